The molecule has 174 valence electrons. The van der Waals surface area contributed by atoms with Crippen molar-refractivity contribution in [3.05, 3.63) is 44.2 Å². The largest absolute Gasteiger partial charge is 0.487 e. The fraction of sp³-hybridized carbons (Fsp3) is 0.444. The molecule has 32 heavy (non-hydrogen) atoms. The molecule has 1 aromatic carbocycles. The predicted octanol–water partition coefficient (Wildman–Crippen LogP) is 5.29. The number of nitrogens with zero attached hydrogens (tertiary/aromatic N) is 3. The van der Waals surface area contributed by atoms with Gasteiger partial charge in [0.1, 0.15) is 18.4 Å². The molecule has 1 atom stereocenters. The number of benzene rings is 1. The maximum Gasteiger partial charge on any atom is 0.436 e. The van der Waals surface area contributed by atoms with E-state index in [2.05, 4.69) is 26.3 Å². The number of non-ortho nitro benzene ring substituents is 1. The summed E-state index contributed by atoms with van der Waals surface area (Å²) >= 11 is 2.94. The summed E-state index contributed by atoms with van der Waals surface area (Å²) in [6.07, 6.45) is -6.27. The molecule has 1 amide bonds. The number of aromatic nitrogens is 2. The summed E-state index contributed by atoms with van der Waals surface area (Å²) in [6, 6.07) is 1.78. The Kier molecular flexibility index (Phi) is 6.72. The molecule has 0 saturated heterocycles. The second kappa shape index (κ2) is 9.00. The van der Waals surface area contributed by atoms with E-state index >= 15 is 0 Å². The van der Waals surface area contributed by atoms with Crippen LogP contribution in [0.2, 0.25) is 0 Å². The van der Waals surface area contributed by atoms with Crippen LogP contribution in [0.15, 0.2) is 22.7 Å². The standard InChI is InChI=1S/C18H16BrF5N4O4/c1-8(27-15(9-2-3-9)14(19)16(26-27)18(22,23)24)17(29)25-10-4-11(28(30)31)6-12(5-10)32-7-13(20)21/h4-6,8-9,13H,2-3,7H2,1H3,(H,25,29). The monoisotopic (exact) mass is 526 g/mol. The summed E-state index contributed by atoms with van der Waals surface area (Å²) in [5.74, 6) is -1.27. The number of anilines is 1. The van der Waals surface area contributed by atoms with E-state index < -0.39 is 47.5 Å². The van der Waals surface area contributed by atoms with Gasteiger partial charge in [0.25, 0.3) is 12.1 Å². The van der Waals surface area contributed by atoms with Crippen LogP contribution in [0.1, 0.15) is 43.1 Å². The third kappa shape index (κ3) is 5.34. The predicted molar refractivity (Wildman–Crippen MR) is 105 cm³/mol. The summed E-state index contributed by atoms with van der Waals surface area (Å²) < 4.78 is 70.2. The molecule has 1 aliphatic rings. The fourth-order valence-electron chi connectivity index (χ4n) is 2.99. The minimum absolute atomic E-state index is 0.143. The Bertz CT molecular complexity index is 1040. The first kappa shape index (κ1) is 23.9. The number of nitrogens with one attached hydrogen (secondary N) is 1. The van der Waals surface area contributed by atoms with Crippen LogP contribution in [0.25, 0.3) is 0 Å². The van der Waals surface area contributed by atoms with E-state index in [1.165, 1.54) is 6.92 Å². The number of rotatable bonds is 8. The molecule has 0 spiro atoms. The first-order valence-corrected chi connectivity index (χ1v) is 10.0. The quantitative estimate of drug-likeness (QED) is 0.286. The molecule has 2 aromatic rings. The van der Waals surface area contributed by atoms with Gasteiger partial charge in [-0.3, -0.25) is 19.6 Å². The molecule has 1 aliphatic carbocycles. The highest BCUT2D eigenvalue weighted by atomic mass is 79.9. The number of hydrogen-bond donors (Lipinski definition) is 1. The van der Waals surface area contributed by atoms with Crippen molar-refractivity contribution in [1.29, 1.82) is 0 Å². The molecule has 0 bridgehead atoms. The van der Waals surface area contributed by atoms with Crippen molar-refractivity contribution < 1.29 is 36.4 Å². The van der Waals surface area contributed by atoms with E-state index in [1.54, 1.807) is 0 Å². The van der Waals surface area contributed by atoms with Gasteiger partial charge >= 0.3 is 6.18 Å². The molecule has 1 heterocycles. The second-order valence-corrected chi connectivity index (χ2v) is 7.90. The average molecular weight is 527 g/mol. The molecule has 8 nitrogen and oxygen atoms in total. The van der Waals surface area contributed by atoms with Crippen molar-refractivity contribution in [2.24, 2.45) is 0 Å². The number of hydrogen-bond acceptors (Lipinski definition) is 5. The molecule has 1 aromatic heterocycles. The maximum atomic E-state index is 13.3. The number of carbonyl (C=O) groups is 1. The molecule has 0 radical (unpaired) electrons. The lowest BCUT2D eigenvalue weighted by molar-refractivity contribution is -0.384. The molecule has 0 aliphatic heterocycles. The molecular weight excluding hydrogens is 511 g/mol. The Morgan fingerprint density at radius 1 is 1.38 bits per heavy atom. The third-order valence-electron chi connectivity index (χ3n) is 4.61. The normalized spacial score (nSPS) is 15.0. The van der Waals surface area contributed by atoms with Crippen LogP contribution < -0.4 is 10.1 Å². The topological polar surface area (TPSA) is 99.3 Å². The van der Waals surface area contributed by atoms with Gasteiger partial charge in [0.05, 0.1) is 26.8 Å². The summed E-state index contributed by atoms with van der Waals surface area (Å²) in [7, 11) is 0. The number of carbonyl (C=O) groups excluding carboxylic acids is 1. The van der Waals surface area contributed by atoms with Gasteiger partial charge in [-0.25, -0.2) is 8.78 Å². The van der Waals surface area contributed by atoms with Crippen LogP contribution in [-0.4, -0.2) is 33.6 Å². The highest BCUT2D eigenvalue weighted by molar-refractivity contribution is 9.10. The molecule has 1 saturated carbocycles. The van der Waals surface area contributed by atoms with E-state index in [0.717, 1.165) is 22.9 Å². The molecule has 1 fully saturated rings. The summed E-state index contributed by atoms with van der Waals surface area (Å²) in [5.41, 5.74) is -1.59. The van der Waals surface area contributed by atoms with Crippen molar-refractivity contribution in [3.8, 4) is 5.75 Å². The zero-order valence-corrected chi connectivity index (χ0v) is 17.9. The highest BCUT2D eigenvalue weighted by Crippen LogP contribution is 2.47. The van der Waals surface area contributed by atoms with E-state index in [-0.39, 0.29) is 27.5 Å². The Hall–Kier alpha value is -2.77. The Morgan fingerprint density at radius 2 is 2.03 bits per heavy atom. The Morgan fingerprint density at radius 3 is 2.56 bits per heavy atom. The van der Waals surface area contributed by atoms with Crippen LogP contribution in [-0.2, 0) is 11.0 Å². The molecular formula is C18H16BrF5N4O4. The summed E-state index contributed by atoms with van der Waals surface area (Å²) in [6.45, 7) is 0.309. The first-order valence-electron chi connectivity index (χ1n) is 9.24. The van der Waals surface area contributed by atoms with Crippen LogP contribution in [0.3, 0.4) is 0 Å². The van der Waals surface area contributed by atoms with Gasteiger partial charge in [0.2, 0.25) is 5.91 Å². The van der Waals surface area contributed by atoms with Gasteiger partial charge in [0.15, 0.2) is 5.69 Å². The lowest BCUT2D eigenvalue weighted by Gasteiger charge is -2.16. The van der Waals surface area contributed by atoms with Crippen LogP contribution >= 0.6 is 15.9 Å². The molecule has 1 unspecified atom stereocenters. The van der Waals surface area contributed by atoms with Gasteiger partial charge in [-0.2, -0.15) is 18.3 Å². The minimum Gasteiger partial charge on any atom is -0.487 e. The summed E-state index contributed by atoms with van der Waals surface area (Å²) in [4.78, 5) is 23.0. The van der Waals surface area contributed by atoms with Gasteiger partial charge < -0.3 is 10.1 Å². The van der Waals surface area contributed by atoms with Gasteiger partial charge in [0, 0.05) is 18.1 Å². The van der Waals surface area contributed by atoms with Crippen molar-refractivity contribution in [2.75, 3.05) is 11.9 Å². The van der Waals surface area contributed by atoms with E-state index in [1.807, 2.05) is 0 Å². The van der Waals surface area contributed by atoms with Crippen molar-refractivity contribution >= 4 is 33.2 Å². The third-order valence-corrected chi connectivity index (χ3v) is 5.39. The smallest absolute Gasteiger partial charge is 0.436 e. The first-order chi connectivity index (χ1) is 14.9. The SMILES string of the molecule is CC(C(=O)Nc1cc(OCC(F)F)cc([N+](=O)[O-])c1)n1nc(C(F)(F)F)c(Br)c1C1CC1. The van der Waals surface area contributed by atoms with E-state index in [4.69, 9.17) is 4.74 Å². The lowest BCUT2D eigenvalue weighted by Crippen LogP contribution is -2.26. The zero-order valence-electron chi connectivity index (χ0n) is 16.3. The second-order valence-electron chi connectivity index (χ2n) is 7.10. The molecule has 1 N–H and O–H groups in total. The van der Waals surface area contributed by atoms with Crippen LogP contribution in [0, 0.1) is 10.1 Å². The Labute approximate surface area is 186 Å². The Balaban J connectivity index is 1.88. The van der Waals surface area contributed by atoms with E-state index in [0.29, 0.717) is 12.8 Å². The summed E-state index contributed by atoms with van der Waals surface area (Å²) in [5, 5.41) is 17.0. The number of nitro benzene ring substituents is 1. The minimum atomic E-state index is -4.74. The average Bonchev–Trinajstić information content (AvgIpc) is 3.46. The van der Waals surface area contributed by atoms with Gasteiger partial charge in [-0.1, -0.05) is 0 Å². The van der Waals surface area contributed by atoms with Crippen molar-refractivity contribution in [3.63, 3.8) is 0 Å². The van der Waals surface area contributed by atoms with Crippen LogP contribution in [0.5, 0.6) is 5.75 Å². The zero-order chi connectivity index (χ0) is 23.8. The van der Waals surface area contributed by atoms with Gasteiger partial charge in [-0.15, -0.1) is 0 Å². The number of amides is 1. The highest BCUT2D eigenvalue weighted by Gasteiger charge is 2.43. The number of halogens is 6. The lowest BCUT2D eigenvalue weighted by atomic mass is 10.2. The van der Waals surface area contributed by atoms with E-state index in [9.17, 15) is 36.9 Å². The van der Waals surface area contributed by atoms with Crippen molar-refractivity contribution in [2.45, 2.75) is 44.3 Å². The number of alkyl halides is 5. The molecule has 14 heteroatoms. The maximum absolute atomic E-state index is 13.3. The molecule has 3 rings (SSSR count). The number of nitro groups is 1. The van der Waals surface area contributed by atoms with Crippen molar-refractivity contribution in [1.82, 2.24) is 9.78 Å². The number of ether oxygens (including phenoxy) is 1. The fourth-order valence-corrected chi connectivity index (χ4v) is 3.80. The van der Waals surface area contributed by atoms with Gasteiger partial charge in [-0.05, 0) is 35.7 Å². The van der Waals surface area contributed by atoms with Crippen LogP contribution in [0.4, 0.5) is 33.3 Å².